The second kappa shape index (κ2) is 12.4. The summed E-state index contributed by atoms with van der Waals surface area (Å²) in [4.78, 5) is 9.80. The standard InChI is InChI=1S/C49H34N4O2/c1-32-27-49-50-30-43(32)34-19-23-37(24-20-34)54-36-21-17-33(18-22-36)40-11-2-4-13-44(40)52-31-51(46-15-6-7-16-47(46)52)35-9-8-10-38(28-35)55-39-25-26-42-41-12-3-5-14-45(41)53(49)48(42)29-39/h2-30H,31H2,1H3. The number of aryl methyl sites for hydroxylation is 1. The van der Waals surface area contributed by atoms with Crippen molar-refractivity contribution in [2.24, 2.45) is 0 Å². The van der Waals surface area contributed by atoms with Gasteiger partial charge in [0.1, 0.15) is 35.5 Å². The minimum Gasteiger partial charge on any atom is -0.457 e. The van der Waals surface area contributed by atoms with Crippen molar-refractivity contribution in [3.8, 4) is 51.1 Å². The van der Waals surface area contributed by atoms with Crippen LogP contribution in [0.1, 0.15) is 5.56 Å². The molecule has 7 aliphatic heterocycles. The molecule has 16 rings (SSSR count). The van der Waals surface area contributed by atoms with Gasteiger partial charge in [-0.2, -0.15) is 0 Å². The number of hydrogen-bond donors (Lipinski definition) is 0. The monoisotopic (exact) mass is 710 g/mol. The number of benzene rings is 7. The summed E-state index contributed by atoms with van der Waals surface area (Å²) in [6.07, 6.45) is 1.98. The molecule has 7 aromatic carbocycles. The van der Waals surface area contributed by atoms with Crippen LogP contribution >= 0.6 is 0 Å². The first-order chi connectivity index (χ1) is 27.1. The van der Waals surface area contributed by atoms with Gasteiger partial charge in [0.25, 0.3) is 0 Å². The number of fused-ring (bicyclic) bond motifs is 3. The molecule has 0 radical (unpaired) electrons. The van der Waals surface area contributed by atoms with Crippen LogP contribution in [0.3, 0.4) is 0 Å². The van der Waals surface area contributed by atoms with Gasteiger partial charge in [0, 0.05) is 45.9 Å². The molecule has 7 aliphatic rings. The first kappa shape index (κ1) is 31.2. The number of aromatic nitrogens is 2. The molecule has 9 aromatic rings. The Morgan fingerprint density at radius 1 is 0.473 bits per heavy atom. The molecule has 0 saturated heterocycles. The maximum Gasteiger partial charge on any atom is 0.137 e. The fourth-order valence-electron chi connectivity index (χ4n) is 8.21. The molecular weight excluding hydrogens is 677 g/mol. The Balaban J connectivity index is 1.08. The van der Waals surface area contributed by atoms with Crippen LogP contribution in [0.25, 0.3) is 49.9 Å². The highest BCUT2D eigenvalue weighted by molar-refractivity contribution is 6.09. The lowest BCUT2D eigenvalue weighted by Crippen LogP contribution is -2.24. The highest BCUT2D eigenvalue weighted by Gasteiger charge is 2.29. The third-order valence-corrected chi connectivity index (χ3v) is 10.8. The van der Waals surface area contributed by atoms with E-state index < -0.39 is 0 Å². The van der Waals surface area contributed by atoms with E-state index in [2.05, 4.69) is 161 Å². The third kappa shape index (κ3) is 5.22. The van der Waals surface area contributed by atoms with Crippen LogP contribution < -0.4 is 19.3 Å². The Labute approximate surface area is 318 Å². The van der Waals surface area contributed by atoms with Crippen LogP contribution in [0, 0.1) is 6.92 Å². The highest BCUT2D eigenvalue weighted by Crippen LogP contribution is 2.47. The maximum atomic E-state index is 6.68. The fraction of sp³-hybridized carbons (Fsp3) is 0.0408. The lowest BCUT2D eigenvalue weighted by Gasteiger charge is -2.24. The van der Waals surface area contributed by atoms with Crippen LogP contribution in [-0.4, -0.2) is 16.2 Å². The van der Waals surface area contributed by atoms with E-state index in [0.717, 1.165) is 95.8 Å². The summed E-state index contributed by atoms with van der Waals surface area (Å²) in [5, 5.41) is 2.31. The van der Waals surface area contributed by atoms with Crippen LogP contribution in [0.2, 0.25) is 0 Å². The zero-order chi connectivity index (χ0) is 36.5. The Bertz CT molecular complexity index is 2930. The summed E-state index contributed by atoms with van der Waals surface area (Å²) in [7, 11) is 0. The lowest BCUT2D eigenvalue weighted by atomic mass is 10.0. The van der Waals surface area contributed by atoms with Gasteiger partial charge in [-0.1, -0.05) is 78.9 Å². The van der Waals surface area contributed by atoms with Gasteiger partial charge < -0.3 is 19.3 Å². The number of rotatable bonds is 0. The van der Waals surface area contributed by atoms with Gasteiger partial charge >= 0.3 is 0 Å². The molecule has 6 nitrogen and oxygen atoms in total. The summed E-state index contributed by atoms with van der Waals surface area (Å²) in [5.74, 6) is 3.95. The van der Waals surface area contributed by atoms with Crippen molar-refractivity contribution in [1.82, 2.24) is 9.55 Å². The normalized spacial score (nSPS) is 13.0. The summed E-state index contributed by atoms with van der Waals surface area (Å²) < 4.78 is 15.3. The Morgan fingerprint density at radius 2 is 1.09 bits per heavy atom. The number of nitrogens with zero attached hydrogens (tertiary/aromatic N) is 4. The Kier molecular flexibility index (Phi) is 7.04. The van der Waals surface area contributed by atoms with Crippen LogP contribution in [-0.2, 0) is 0 Å². The maximum absolute atomic E-state index is 6.68. The topological polar surface area (TPSA) is 42.8 Å². The van der Waals surface area contributed by atoms with E-state index in [1.54, 1.807) is 0 Å². The van der Waals surface area contributed by atoms with Crippen molar-refractivity contribution < 1.29 is 9.47 Å². The van der Waals surface area contributed by atoms with Gasteiger partial charge in [-0.05, 0) is 102 Å². The van der Waals surface area contributed by atoms with Crippen LogP contribution in [0.15, 0.2) is 176 Å². The van der Waals surface area contributed by atoms with Gasteiger partial charge in [-0.15, -0.1) is 0 Å². The molecule has 0 atom stereocenters. The van der Waals surface area contributed by atoms with Crippen molar-refractivity contribution in [2.45, 2.75) is 6.92 Å². The predicted molar refractivity (Wildman–Crippen MR) is 223 cm³/mol. The summed E-state index contributed by atoms with van der Waals surface area (Å²) in [6.45, 7) is 2.79. The van der Waals surface area contributed by atoms with E-state index in [1.807, 2.05) is 36.5 Å². The molecule has 9 heterocycles. The minimum atomic E-state index is 0.647. The van der Waals surface area contributed by atoms with Gasteiger partial charge in [0.15, 0.2) is 0 Å². The molecule has 262 valence electrons. The Hall–Kier alpha value is -7.31. The molecule has 0 spiro atoms. The average Bonchev–Trinajstić information content (AvgIpc) is 3.77. The number of ether oxygens (including phenoxy) is 2. The molecule has 0 saturated carbocycles. The number of hydrogen-bond acceptors (Lipinski definition) is 5. The van der Waals surface area contributed by atoms with E-state index in [0.29, 0.717) is 6.67 Å². The third-order valence-electron chi connectivity index (χ3n) is 10.8. The number of anilines is 4. The highest BCUT2D eigenvalue weighted by atomic mass is 16.5. The van der Waals surface area contributed by atoms with E-state index in [4.69, 9.17) is 14.5 Å². The second-order valence-corrected chi connectivity index (χ2v) is 14.1. The lowest BCUT2D eigenvalue weighted by molar-refractivity contribution is 0.482. The van der Waals surface area contributed by atoms with Gasteiger partial charge in [-0.25, -0.2) is 4.98 Å². The number of pyridine rings is 1. The zero-order valence-corrected chi connectivity index (χ0v) is 30.1. The molecule has 0 unspecified atom stereocenters. The molecule has 0 fully saturated rings. The quantitative estimate of drug-likeness (QED) is 0.157. The largest absolute Gasteiger partial charge is 0.457 e. The first-order valence-corrected chi connectivity index (χ1v) is 18.5. The van der Waals surface area contributed by atoms with Crippen molar-refractivity contribution in [1.29, 1.82) is 0 Å². The summed E-state index contributed by atoms with van der Waals surface area (Å²) in [5.41, 5.74) is 12.2. The number of para-hydroxylation sites is 4. The summed E-state index contributed by atoms with van der Waals surface area (Å²) in [6, 6.07) is 59.2. The molecule has 2 aromatic heterocycles. The predicted octanol–water partition coefficient (Wildman–Crippen LogP) is 13.0. The van der Waals surface area contributed by atoms with Gasteiger partial charge in [0.05, 0.1) is 28.1 Å². The summed E-state index contributed by atoms with van der Waals surface area (Å²) >= 11 is 0. The van der Waals surface area contributed by atoms with Crippen LogP contribution in [0.4, 0.5) is 22.7 Å². The molecule has 6 heteroatoms. The molecule has 0 aliphatic carbocycles. The molecular formula is C49H34N4O2. The van der Waals surface area contributed by atoms with Crippen molar-refractivity contribution >= 4 is 44.6 Å². The first-order valence-electron chi connectivity index (χ1n) is 18.5. The van der Waals surface area contributed by atoms with Crippen molar-refractivity contribution in [3.05, 3.63) is 182 Å². The molecule has 0 amide bonds. The second-order valence-electron chi connectivity index (χ2n) is 14.1. The van der Waals surface area contributed by atoms with E-state index in [-0.39, 0.29) is 0 Å². The fourth-order valence-corrected chi connectivity index (χ4v) is 8.21. The molecule has 0 N–H and O–H groups in total. The molecule has 12 bridgehead atoms. The van der Waals surface area contributed by atoms with E-state index in [1.165, 1.54) is 5.39 Å². The minimum absolute atomic E-state index is 0.647. The van der Waals surface area contributed by atoms with Crippen molar-refractivity contribution in [3.63, 3.8) is 0 Å². The van der Waals surface area contributed by atoms with E-state index >= 15 is 0 Å². The zero-order valence-electron chi connectivity index (χ0n) is 30.1. The SMILES string of the molecule is Cc1cc2ncc1-c1ccc(cc1)Oc1ccc(cc1)-c1ccccc1N1CN(c3cccc(c3)Oc3ccc4c5ccccc5n-2c4c3)c2ccccc21. The van der Waals surface area contributed by atoms with Crippen molar-refractivity contribution in [2.75, 3.05) is 16.5 Å². The van der Waals surface area contributed by atoms with Gasteiger partial charge in [-0.3, -0.25) is 4.57 Å². The van der Waals surface area contributed by atoms with Crippen LogP contribution in [0.5, 0.6) is 23.0 Å². The molecule has 55 heavy (non-hydrogen) atoms. The van der Waals surface area contributed by atoms with E-state index in [9.17, 15) is 0 Å². The average molecular weight is 711 g/mol. The smallest absolute Gasteiger partial charge is 0.137 e. The van der Waals surface area contributed by atoms with Gasteiger partial charge in [0.2, 0.25) is 0 Å². The Morgan fingerprint density at radius 3 is 1.87 bits per heavy atom.